The fourth-order valence-electron chi connectivity index (χ4n) is 0.997. The molecule has 1 saturated carbocycles. The summed E-state index contributed by atoms with van der Waals surface area (Å²) in [6.07, 6.45) is 3.66. The standard InChI is InChI=1S/C9H10O3/c1-6-8(4-5-11-6)9(10)12-7-2-3-7/h4-5,7H,2-3H2,1H3. The van der Waals surface area contributed by atoms with Crippen LogP contribution in [-0.2, 0) is 4.74 Å². The van der Waals surface area contributed by atoms with Gasteiger partial charge in [-0.2, -0.15) is 0 Å². The van der Waals surface area contributed by atoms with E-state index in [2.05, 4.69) is 0 Å². The first-order valence-corrected chi connectivity index (χ1v) is 4.02. The number of hydrogen-bond acceptors (Lipinski definition) is 3. The van der Waals surface area contributed by atoms with Crippen LogP contribution in [0.5, 0.6) is 0 Å². The molecule has 0 aliphatic heterocycles. The number of esters is 1. The van der Waals surface area contributed by atoms with Gasteiger partial charge in [0.25, 0.3) is 0 Å². The minimum atomic E-state index is -0.260. The Labute approximate surface area is 70.3 Å². The van der Waals surface area contributed by atoms with Gasteiger partial charge < -0.3 is 9.15 Å². The van der Waals surface area contributed by atoms with Crippen molar-refractivity contribution in [2.75, 3.05) is 0 Å². The van der Waals surface area contributed by atoms with E-state index in [0.717, 1.165) is 12.8 Å². The Morgan fingerprint density at radius 2 is 2.42 bits per heavy atom. The quantitative estimate of drug-likeness (QED) is 0.630. The minimum absolute atomic E-state index is 0.159. The summed E-state index contributed by atoms with van der Waals surface area (Å²) in [5.74, 6) is 0.365. The molecule has 0 radical (unpaired) electrons. The smallest absolute Gasteiger partial charge is 0.341 e. The molecule has 64 valence electrons. The van der Waals surface area contributed by atoms with Crippen molar-refractivity contribution < 1.29 is 13.9 Å². The van der Waals surface area contributed by atoms with Gasteiger partial charge in [0.15, 0.2) is 0 Å². The van der Waals surface area contributed by atoms with Crippen LogP contribution in [0.1, 0.15) is 29.0 Å². The summed E-state index contributed by atoms with van der Waals surface area (Å²) in [5, 5.41) is 0. The molecule has 0 spiro atoms. The molecular weight excluding hydrogens is 156 g/mol. The summed E-state index contributed by atoms with van der Waals surface area (Å²) < 4.78 is 10.1. The van der Waals surface area contributed by atoms with Crippen LogP contribution in [0, 0.1) is 6.92 Å². The lowest BCUT2D eigenvalue weighted by molar-refractivity contribution is 0.0470. The van der Waals surface area contributed by atoms with Crippen molar-refractivity contribution in [2.45, 2.75) is 25.9 Å². The molecule has 1 heterocycles. The van der Waals surface area contributed by atoms with Gasteiger partial charge in [0.1, 0.15) is 17.4 Å². The molecule has 12 heavy (non-hydrogen) atoms. The van der Waals surface area contributed by atoms with Crippen molar-refractivity contribution in [3.8, 4) is 0 Å². The van der Waals surface area contributed by atoms with Crippen LogP contribution in [0.3, 0.4) is 0 Å². The zero-order valence-electron chi connectivity index (χ0n) is 6.87. The van der Waals surface area contributed by atoms with Crippen LogP contribution in [-0.4, -0.2) is 12.1 Å². The maximum absolute atomic E-state index is 11.3. The van der Waals surface area contributed by atoms with Crippen LogP contribution in [0.25, 0.3) is 0 Å². The van der Waals surface area contributed by atoms with Crippen molar-refractivity contribution in [3.63, 3.8) is 0 Å². The number of ether oxygens (including phenoxy) is 1. The largest absolute Gasteiger partial charge is 0.469 e. The maximum atomic E-state index is 11.3. The molecule has 1 aromatic heterocycles. The average Bonchev–Trinajstić information content (AvgIpc) is 2.72. The van der Waals surface area contributed by atoms with Gasteiger partial charge in [0.05, 0.1) is 6.26 Å². The lowest BCUT2D eigenvalue weighted by Gasteiger charge is -1.99. The van der Waals surface area contributed by atoms with E-state index in [1.54, 1.807) is 13.0 Å². The highest BCUT2D eigenvalue weighted by Crippen LogP contribution is 2.25. The molecule has 0 N–H and O–H groups in total. The monoisotopic (exact) mass is 166 g/mol. The molecule has 2 rings (SSSR count). The van der Waals surface area contributed by atoms with Gasteiger partial charge in [-0.25, -0.2) is 4.79 Å². The first-order valence-electron chi connectivity index (χ1n) is 4.02. The molecule has 1 aliphatic rings. The van der Waals surface area contributed by atoms with Crippen LogP contribution in [0.4, 0.5) is 0 Å². The number of furan rings is 1. The molecule has 3 heteroatoms. The third kappa shape index (κ3) is 1.35. The van der Waals surface area contributed by atoms with Crippen molar-refractivity contribution in [2.24, 2.45) is 0 Å². The van der Waals surface area contributed by atoms with E-state index in [9.17, 15) is 4.79 Å². The molecule has 1 aliphatic carbocycles. The molecule has 0 unspecified atom stereocenters. The summed E-state index contributed by atoms with van der Waals surface area (Å²) in [7, 11) is 0. The van der Waals surface area contributed by atoms with E-state index in [1.165, 1.54) is 6.26 Å². The van der Waals surface area contributed by atoms with Gasteiger partial charge in [0.2, 0.25) is 0 Å². The van der Waals surface area contributed by atoms with E-state index in [0.29, 0.717) is 11.3 Å². The van der Waals surface area contributed by atoms with E-state index in [-0.39, 0.29) is 12.1 Å². The fraction of sp³-hybridized carbons (Fsp3) is 0.444. The predicted octanol–water partition coefficient (Wildman–Crippen LogP) is 1.91. The Morgan fingerprint density at radius 1 is 1.67 bits per heavy atom. The summed E-state index contributed by atoms with van der Waals surface area (Å²) in [4.78, 5) is 11.3. The Kier molecular flexibility index (Phi) is 1.64. The third-order valence-electron chi connectivity index (χ3n) is 1.88. The second kappa shape index (κ2) is 2.66. The summed E-state index contributed by atoms with van der Waals surface area (Å²) in [5.41, 5.74) is 0.543. The molecule has 3 nitrogen and oxygen atoms in total. The Morgan fingerprint density at radius 3 is 2.92 bits per heavy atom. The fourth-order valence-corrected chi connectivity index (χ4v) is 0.997. The lowest BCUT2D eigenvalue weighted by Crippen LogP contribution is -2.06. The van der Waals surface area contributed by atoms with E-state index in [1.807, 2.05) is 0 Å². The van der Waals surface area contributed by atoms with Gasteiger partial charge >= 0.3 is 5.97 Å². The summed E-state index contributed by atoms with van der Waals surface area (Å²) in [6.45, 7) is 1.75. The topological polar surface area (TPSA) is 39.4 Å². The van der Waals surface area contributed by atoms with E-state index < -0.39 is 0 Å². The van der Waals surface area contributed by atoms with Crippen molar-refractivity contribution >= 4 is 5.97 Å². The third-order valence-corrected chi connectivity index (χ3v) is 1.88. The first kappa shape index (κ1) is 7.40. The molecule has 0 saturated heterocycles. The summed E-state index contributed by atoms with van der Waals surface area (Å²) in [6, 6.07) is 1.64. The van der Waals surface area contributed by atoms with Gasteiger partial charge in [-0.05, 0) is 25.8 Å². The number of carbonyl (C=O) groups excluding carboxylic acids is 1. The Bertz CT molecular complexity index is 296. The molecule has 1 fully saturated rings. The number of hydrogen-bond donors (Lipinski definition) is 0. The molecule has 1 aromatic rings. The summed E-state index contributed by atoms with van der Waals surface area (Å²) >= 11 is 0. The normalized spacial score (nSPS) is 16.1. The highest BCUT2D eigenvalue weighted by Gasteiger charge is 2.27. The number of aryl methyl sites for hydroxylation is 1. The first-order chi connectivity index (χ1) is 5.77. The highest BCUT2D eigenvalue weighted by molar-refractivity contribution is 5.90. The minimum Gasteiger partial charge on any atom is -0.469 e. The zero-order chi connectivity index (χ0) is 8.55. The van der Waals surface area contributed by atoms with Gasteiger partial charge in [-0.15, -0.1) is 0 Å². The van der Waals surface area contributed by atoms with Crippen LogP contribution < -0.4 is 0 Å². The zero-order valence-corrected chi connectivity index (χ0v) is 6.87. The van der Waals surface area contributed by atoms with Crippen LogP contribution >= 0.6 is 0 Å². The number of carbonyl (C=O) groups is 1. The highest BCUT2D eigenvalue weighted by atomic mass is 16.5. The second-order valence-corrected chi connectivity index (χ2v) is 3.00. The maximum Gasteiger partial charge on any atom is 0.341 e. The van der Waals surface area contributed by atoms with Crippen molar-refractivity contribution in [1.29, 1.82) is 0 Å². The Hall–Kier alpha value is -1.25. The van der Waals surface area contributed by atoms with Crippen molar-refractivity contribution in [3.05, 3.63) is 23.7 Å². The van der Waals surface area contributed by atoms with E-state index in [4.69, 9.17) is 9.15 Å². The second-order valence-electron chi connectivity index (χ2n) is 3.00. The van der Waals surface area contributed by atoms with Gasteiger partial charge in [0, 0.05) is 0 Å². The number of rotatable bonds is 2. The SMILES string of the molecule is Cc1occc1C(=O)OC1CC1. The molecule has 0 atom stereocenters. The van der Waals surface area contributed by atoms with Crippen LogP contribution in [0.15, 0.2) is 16.7 Å². The average molecular weight is 166 g/mol. The Balaban J connectivity index is 2.07. The molecule has 0 bridgehead atoms. The predicted molar refractivity (Wildman–Crippen MR) is 41.9 cm³/mol. The van der Waals surface area contributed by atoms with Crippen molar-refractivity contribution in [1.82, 2.24) is 0 Å². The lowest BCUT2D eigenvalue weighted by atomic mass is 10.3. The van der Waals surface area contributed by atoms with Gasteiger partial charge in [-0.1, -0.05) is 0 Å². The van der Waals surface area contributed by atoms with Crippen LogP contribution in [0.2, 0.25) is 0 Å². The van der Waals surface area contributed by atoms with E-state index >= 15 is 0 Å². The van der Waals surface area contributed by atoms with Gasteiger partial charge in [-0.3, -0.25) is 0 Å². The molecule has 0 aromatic carbocycles. The molecule has 0 amide bonds. The molecular formula is C9H10O3.